The molecule has 0 saturated carbocycles. The number of rotatable bonds is 5. The van der Waals surface area contributed by atoms with Crippen LogP contribution in [-0.2, 0) is 4.79 Å². The highest BCUT2D eigenvalue weighted by Gasteiger charge is 2.26. The molecule has 1 aliphatic heterocycles. The number of carbonyl (C=O) groups excluding carboxylic acids is 2. The van der Waals surface area contributed by atoms with E-state index in [0.717, 1.165) is 30.4 Å². The minimum Gasteiger partial charge on any atom is -0.337 e. The highest BCUT2D eigenvalue weighted by molar-refractivity contribution is 9.15. The number of amides is 2. The fourth-order valence-corrected chi connectivity index (χ4v) is 4.04. The first-order valence-corrected chi connectivity index (χ1v) is 10.5. The second kappa shape index (κ2) is 9.67. The molecule has 0 unspecified atom stereocenters. The molecular formula is C22H22BrN3O4. The van der Waals surface area contributed by atoms with Crippen LogP contribution in [0.15, 0.2) is 54.2 Å². The van der Waals surface area contributed by atoms with Gasteiger partial charge in [0, 0.05) is 30.8 Å². The van der Waals surface area contributed by atoms with Crippen molar-refractivity contribution in [2.24, 2.45) is 0 Å². The molecule has 1 aliphatic rings. The molecule has 8 heteroatoms. The number of carbonyl (C=O) groups is 2. The fourth-order valence-electron chi connectivity index (χ4n) is 3.33. The maximum Gasteiger partial charge on any atom is 0.271 e. The lowest BCUT2D eigenvalue weighted by Crippen LogP contribution is -2.41. The quantitative estimate of drug-likeness (QED) is 0.397. The molecule has 7 nitrogen and oxygen atoms in total. The summed E-state index contributed by atoms with van der Waals surface area (Å²) in [5, 5.41) is 13.6. The van der Waals surface area contributed by atoms with Crippen LogP contribution < -0.4 is 5.32 Å². The third-order valence-electron chi connectivity index (χ3n) is 5.04. The summed E-state index contributed by atoms with van der Waals surface area (Å²) in [6, 6.07) is 12.8. The van der Waals surface area contributed by atoms with Crippen LogP contribution in [0.1, 0.15) is 40.7 Å². The Labute approximate surface area is 183 Å². The van der Waals surface area contributed by atoms with E-state index in [2.05, 4.69) is 21.2 Å². The van der Waals surface area contributed by atoms with Crippen molar-refractivity contribution in [1.82, 2.24) is 10.2 Å². The lowest BCUT2D eigenvalue weighted by atomic mass is 10.1. The Morgan fingerprint density at radius 2 is 1.67 bits per heavy atom. The van der Waals surface area contributed by atoms with Crippen molar-refractivity contribution in [3.63, 3.8) is 0 Å². The Morgan fingerprint density at radius 3 is 2.27 bits per heavy atom. The van der Waals surface area contributed by atoms with Crippen molar-refractivity contribution in [2.45, 2.75) is 26.2 Å². The molecule has 0 spiro atoms. The number of nitrogens with one attached hydrogen (secondary N) is 1. The maximum atomic E-state index is 13.3. The molecule has 2 aromatic rings. The molecule has 1 N–H and O–H groups in total. The van der Waals surface area contributed by atoms with E-state index in [1.165, 1.54) is 24.3 Å². The first-order valence-electron chi connectivity index (χ1n) is 9.69. The minimum atomic E-state index is -0.526. The number of hydrogen-bond acceptors (Lipinski definition) is 4. The van der Waals surface area contributed by atoms with Crippen LogP contribution in [0.25, 0.3) is 4.48 Å². The van der Waals surface area contributed by atoms with E-state index in [0.29, 0.717) is 17.6 Å². The molecule has 30 heavy (non-hydrogen) atoms. The standard InChI is InChI=1S/C22H22BrN3O4/c1-15-7-3-4-8-18(15)19(23)20(22(28)25-13-5-2-6-14-25)24-21(27)16-9-11-17(12-10-16)26(29)30/h3-4,7-12H,2,5-6,13-14H2,1H3,(H,24,27)/b20-19+. The number of likely N-dealkylation sites (tertiary alicyclic amines) is 1. The number of nitro groups is 1. The van der Waals surface area contributed by atoms with E-state index in [-0.39, 0.29) is 22.9 Å². The monoisotopic (exact) mass is 471 g/mol. The normalized spacial score (nSPS) is 14.7. The lowest BCUT2D eigenvalue weighted by Gasteiger charge is -2.28. The van der Waals surface area contributed by atoms with Gasteiger partial charge in [-0.3, -0.25) is 19.7 Å². The van der Waals surface area contributed by atoms with Crippen LogP contribution in [0, 0.1) is 17.0 Å². The molecule has 0 bridgehead atoms. The Morgan fingerprint density at radius 1 is 1.03 bits per heavy atom. The molecule has 1 heterocycles. The van der Waals surface area contributed by atoms with Gasteiger partial charge in [-0.25, -0.2) is 0 Å². The van der Waals surface area contributed by atoms with Crippen LogP contribution in [0.4, 0.5) is 5.69 Å². The Bertz CT molecular complexity index is 996. The van der Waals surface area contributed by atoms with Gasteiger partial charge >= 0.3 is 0 Å². The van der Waals surface area contributed by atoms with Gasteiger partial charge in [-0.05, 0) is 65.4 Å². The van der Waals surface area contributed by atoms with Gasteiger partial charge < -0.3 is 10.2 Å². The molecule has 0 aliphatic carbocycles. The number of piperidine rings is 1. The van der Waals surface area contributed by atoms with Crippen molar-refractivity contribution in [3.05, 3.63) is 81.0 Å². The van der Waals surface area contributed by atoms with E-state index in [1.807, 2.05) is 31.2 Å². The van der Waals surface area contributed by atoms with E-state index in [1.54, 1.807) is 4.90 Å². The highest BCUT2D eigenvalue weighted by atomic mass is 79.9. The Kier molecular flexibility index (Phi) is 6.99. The summed E-state index contributed by atoms with van der Waals surface area (Å²) < 4.78 is 0.506. The average molecular weight is 472 g/mol. The summed E-state index contributed by atoms with van der Waals surface area (Å²) in [4.78, 5) is 38.2. The largest absolute Gasteiger partial charge is 0.337 e. The van der Waals surface area contributed by atoms with Gasteiger partial charge in [0.05, 0.1) is 9.41 Å². The summed E-state index contributed by atoms with van der Waals surface area (Å²) in [6.07, 6.45) is 2.94. The number of non-ortho nitro benzene ring substituents is 1. The van der Waals surface area contributed by atoms with Gasteiger partial charge in [0.2, 0.25) is 0 Å². The van der Waals surface area contributed by atoms with Crippen molar-refractivity contribution < 1.29 is 14.5 Å². The zero-order valence-electron chi connectivity index (χ0n) is 16.6. The predicted octanol–water partition coefficient (Wildman–Crippen LogP) is 4.41. The summed E-state index contributed by atoms with van der Waals surface area (Å²) in [5.41, 5.74) is 2.05. The van der Waals surface area contributed by atoms with Crippen LogP contribution in [0.5, 0.6) is 0 Å². The van der Waals surface area contributed by atoms with E-state index in [4.69, 9.17) is 0 Å². The zero-order valence-corrected chi connectivity index (χ0v) is 18.1. The van der Waals surface area contributed by atoms with Crippen molar-refractivity contribution in [1.29, 1.82) is 0 Å². The Balaban J connectivity index is 1.95. The first kappa shape index (κ1) is 21.7. The van der Waals surface area contributed by atoms with Gasteiger partial charge in [-0.15, -0.1) is 0 Å². The third-order valence-corrected chi connectivity index (χ3v) is 5.86. The average Bonchev–Trinajstić information content (AvgIpc) is 2.77. The molecule has 1 saturated heterocycles. The number of nitrogens with zero attached hydrogens (tertiary/aromatic N) is 2. The van der Waals surface area contributed by atoms with Gasteiger partial charge in [0.25, 0.3) is 17.5 Å². The Hall–Kier alpha value is -3.00. The number of hydrogen-bond donors (Lipinski definition) is 1. The van der Waals surface area contributed by atoms with E-state index < -0.39 is 10.8 Å². The van der Waals surface area contributed by atoms with Crippen molar-refractivity contribution >= 4 is 37.9 Å². The summed E-state index contributed by atoms with van der Waals surface area (Å²) in [7, 11) is 0. The minimum absolute atomic E-state index is 0.104. The summed E-state index contributed by atoms with van der Waals surface area (Å²) >= 11 is 3.53. The SMILES string of the molecule is Cc1ccccc1/C(Br)=C(\NC(=O)c1ccc([N+](=O)[O-])cc1)C(=O)N1CCCCC1. The van der Waals surface area contributed by atoms with Crippen LogP contribution in [-0.4, -0.2) is 34.7 Å². The second-order valence-electron chi connectivity index (χ2n) is 7.11. The van der Waals surface area contributed by atoms with Gasteiger partial charge in [0.1, 0.15) is 5.70 Å². The van der Waals surface area contributed by atoms with Crippen LogP contribution in [0.3, 0.4) is 0 Å². The van der Waals surface area contributed by atoms with Crippen LogP contribution in [0.2, 0.25) is 0 Å². The molecule has 1 fully saturated rings. The van der Waals surface area contributed by atoms with Crippen molar-refractivity contribution in [2.75, 3.05) is 13.1 Å². The molecule has 156 valence electrons. The predicted molar refractivity (Wildman–Crippen MR) is 118 cm³/mol. The van der Waals surface area contributed by atoms with Gasteiger partial charge in [-0.2, -0.15) is 0 Å². The summed E-state index contributed by atoms with van der Waals surface area (Å²) in [6.45, 7) is 3.21. The number of nitro benzene ring substituents is 1. The number of benzene rings is 2. The topological polar surface area (TPSA) is 92.5 Å². The lowest BCUT2D eigenvalue weighted by molar-refractivity contribution is -0.384. The fraction of sp³-hybridized carbons (Fsp3) is 0.273. The molecule has 3 rings (SSSR count). The van der Waals surface area contributed by atoms with Gasteiger partial charge in [-0.1, -0.05) is 24.3 Å². The second-order valence-corrected chi connectivity index (χ2v) is 7.91. The van der Waals surface area contributed by atoms with Crippen LogP contribution >= 0.6 is 15.9 Å². The smallest absolute Gasteiger partial charge is 0.271 e. The molecular weight excluding hydrogens is 450 g/mol. The summed E-state index contributed by atoms with van der Waals surface area (Å²) in [5.74, 6) is -0.754. The van der Waals surface area contributed by atoms with E-state index in [9.17, 15) is 19.7 Å². The first-order chi connectivity index (χ1) is 14.4. The van der Waals surface area contributed by atoms with Gasteiger partial charge in [0.15, 0.2) is 0 Å². The maximum absolute atomic E-state index is 13.3. The van der Waals surface area contributed by atoms with Crippen molar-refractivity contribution in [3.8, 4) is 0 Å². The third kappa shape index (κ3) is 4.94. The molecule has 0 aromatic heterocycles. The molecule has 2 amide bonds. The number of aryl methyl sites for hydroxylation is 1. The molecule has 0 atom stereocenters. The zero-order chi connectivity index (χ0) is 21.7. The highest BCUT2D eigenvalue weighted by Crippen LogP contribution is 2.29. The van der Waals surface area contributed by atoms with E-state index >= 15 is 0 Å². The molecule has 0 radical (unpaired) electrons. The molecule has 2 aromatic carbocycles. The number of halogens is 1.